The van der Waals surface area contributed by atoms with Crippen LogP contribution in [0.5, 0.6) is 0 Å². The summed E-state index contributed by atoms with van der Waals surface area (Å²) in [6.07, 6.45) is 1.14. The molecule has 2 rings (SSSR count). The van der Waals surface area contributed by atoms with Gasteiger partial charge < -0.3 is 4.52 Å². The molecule has 0 amide bonds. The maximum Gasteiger partial charge on any atom is 0.283 e. The quantitative estimate of drug-likeness (QED) is 0.552. The predicted molar refractivity (Wildman–Crippen MR) is 51.1 cm³/mol. The average Bonchev–Trinajstić information content (AvgIpc) is 2.69. The van der Waals surface area contributed by atoms with Crippen molar-refractivity contribution in [2.45, 2.75) is 6.92 Å². The fraction of sp³-hybridized carbons (Fsp3) is 0.111. The van der Waals surface area contributed by atoms with E-state index in [1.807, 2.05) is 0 Å². The van der Waals surface area contributed by atoms with Crippen LogP contribution in [-0.2, 0) is 0 Å². The Bertz CT molecular complexity index is 493. The SMILES string of the molecule is Cc1cccc(-c2ncon2)c1[N+](=O)[O-]. The second-order valence-corrected chi connectivity index (χ2v) is 2.98. The van der Waals surface area contributed by atoms with Gasteiger partial charge in [0.25, 0.3) is 5.69 Å². The standard InChI is InChI=1S/C9H7N3O3/c1-6-3-2-4-7(8(6)12(13)14)9-10-5-15-11-9/h2-5H,1H3. The van der Waals surface area contributed by atoms with Gasteiger partial charge in [-0.15, -0.1) is 0 Å². The van der Waals surface area contributed by atoms with Crippen molar-refractivity contribution in [1.29, 1.82) is 0 Å². The van der Waals surface area contributed by atoms with Crippen LogP contribution in [0.3, 0.4) is 0 Å². The van der Waals surface area contributed by atoms with E-state index >= 15 is 0 Å². The summed E-state index contributed by atoms with van der Waals surface area (Å²) >= 11 is 0. The fourth-order valence-corrected chi connectivity index (χ4v) is 1.37. The van der Waals surface area contributed by atoms with E-state index in [-0.39, 0.29) is 11.5 Å². The van der Waals surface area contributed by atoms with Crippen molar-refractivity contribution < 1.29 is 9.45 Å². The van der Waals surface area contributed by atoms with Gasteiger partial charge >= 0.3 is 0 Å². The molecule has 6 nitrogen and oxygen atoms in total. The van der Waals surface area contributed by atoms with E-state index in [0.29, 0.717) is 11.1 Å². The highest BCUT2D eigenvalue weighted by Crippen LogP contribution is 2.29. The Balaban J connectivity index is 2.66. The third kappa shape index (κ3) is 1.56. The zero-order valence-electron chi connectivity index (χ0n) is 7.88. The summed E-state index contributed by atoms with van der Waals surface area (Å²) in [5.74, 6) is 0.227. The average molecular weight is 205 g/mol. The van der Waals surface area contributed by atoms with Crippen LogP contribution < -0.4 is 0 Å². The molecule has 76 valence electrons. The molecule has 0 atom stereocenters. The smallest absolute Gasteiger partial charge is 0.283 e. The number of aromatic nitrogens is 2. The van der Waals surface area contributed by atoms with Gasteiger partial charge in [-0.3, -0.25) is 10.1 Å². The zero-order valence-corrected chi connectivity index (χ0v) is 7.88. The van der Waals surface area contributed by atoms with Gasteiger partial charge in [-0.2, -0.15) is 4.98 Å². The van der Waals surface area contributed by atoms with Gasteiger partial charge in [-0.05, 0) is 13.0 Å². The number of hydrogen-bond donors (Lipinski definition) is 0. The first-order valence-electron chi connectivity index (χ1n) is 4.21. The van der Waals surface area contributed by atoms with Crippen molar-refractivity contribution in [3.8, 4) is 11.4 Å². The van der Waals surface area contributed by atoms with E-state index < -0.39 is 4.92 Å². The van der Waals surface area contributed by atoms with Crippen LogP contribution in [0.4, 0.5) is 5.69 Å². The zero-order chi connectivity index (χ0) is 10.8. The lowest BCUT2D eigenvalue weighted by molar-refractivity contribution is -0.384. The molecule has 6 heteroatoms. The monoisotopic (exact) mass is 205 g/mol. The number of hydrogen-bond acceptors (Lipinski definition) is 5. The molecule has 0 fully saturated rings. The molecule has 0 saturated carbocycles. The number of aryl methyl sites for hydroxylation is 1. The minimum absolute atomic E-state index is 0.0129. The van der Waals surface area contributed by atoms with Crippen LogP contribution in [0.1, 0.15) is 5.56 Å². The van der Waals surface area contributed by atoms with Crippen molar-refractivity contribution in [3.05, 3.63) is 40.3 Å². The number of rotatable bonds is 2. The van der Waals surface area contributed by atoms with Gasteiger partial charge in [-0.25, -0.2) is 0 Å². The lowest BCUT2D eigenvalue weighted by Gasteiger charge is -2.00. The van der Waals surface area contributed by atoms with Gasteiger partial charge in [0.1, 0.15) is 5.56 Å². The largest absolute Gasteiger partial charge is 0.342 e. The first-order chi connectivity index (χ1) is 7.20. The highest BCUT2D eigenvalue weighted by Gasteiger charge is 2.20. The van der Waals surface area contributed by atoms with Crippen LogP contribution >= 0.6 is 0 Å². The third-order valence-corrected chi connectivity index (χ3v) is 2.02. The fourth-order valence-electron chi connectivity index (χ4n) is 1.37. The van der Waals surface area contributed by atoms with Crippen LogP contribution in [0.25, 0.3) is 11.4 Å². The van der Waals surface area contributed by atoms with Gasteiger partial charge in [0, 0.05) is 5.56 Å². The topological polar surface area (TPSA) is 82.1 Å². The van der Waals surface area contributed by atoms with Crippen LogP contribution in [0.2, 0.25) is 0 Å². The molecule has 0 unspecified atom stereocenters. The molecule has 2 aromatic rings. The third-order valence-electron chi connectivity index (χ3n) is 2.02. The second-order valence-electron chi connectivity index (χ2n) is 2.98. The number of nitrogens with zero attached hydrogens (tertiary/aromatic N) is 3. The van der Waals surface area contributed by atoms with Crippen molar-refractivity contribution in [3.63, 3.8) is 0 Å². The molecule has 0 aliphatic carbocycles. The van der Waals surface area contributed by atoms with E-state index in [9.17, 15) is 10.1 Å². The van der Waals surface area contributed by atoms with E-state index in [4.69, 9.17) is 0 Å². The molecule has 1 aromatic heterocycles. The first kappa shape index (κ1) is 9.32. The van der Waals surface area contributed by atoms with Crippen LogP contribution in [0.15, 0.2) is 29.1 Å². The van der Waals surface area contributed by atoms with Crippen molar-refractivity contribution in [1.82, 2.24) is 10.1 Å². The molecule has 0 N–H and O–H groups in total. The molecule has 0 radical (unpaired) electrons. The lowest BCUT2D eigenvalue weighted by Crippen LogP contribution is -1.95. The second kappa shape index (κ2) is 3.49. The van der Waals surface area contributed by atoms with Crippen molar-refractivity contribution in [2.75, 3.05) is 0 Å². The Kier molecular flexibility index (Phi) is 2.17. The molecule has 0 saturated heterocycles. The Morgan fingerprint density at radius 2 is 2.27 bits per heavy atom. The summed E-state index contributed by atoms with van der Waals surface area (Å²) in [7, 11) is 0. The molecule has 1 heterocycles. The van der Waals surface area contributed by atoms with Crippen LogP contribution in [0, 0.1) is 17.0 Å². The van der Waals surface area contributed by atoms with Gasteiger partial charge in [0.2, 0.25) is 12.2 Å². The van der Waals surface area contributed by atoms with E-state index in [1.54, 1.807) is 25.1 Å². The summed E-state index contributed by atoms with van der Waals surface area (Å²) in [6, 6.07) is 4.98. The van der Waals surface area contributed by atoms with E-state index in [2.05, 4.69) is 14.7 Å². The van der Waals surface area contributed by atoms with E-state index in [0.717, 1.165) is 6.39 Å². The van der Waals surface area contributed by atoms with Gasteiger partial charge in [-0.1, -0.05) is 17.3 Å². The highest BCUT2D eigenvalue weighted by atomic mass is 16.6. The maximum absolute atomic E-state index is 10.9. The summed E-state index contributed by atoms with van der Waals surface area (Å²) in [5, 5.41) is 14.4. The summed E-state index contributed by atoms with van der Waals surface area (Å²) < 4.78 is 4.56. The Hall–Kier alpha value is -2.24. The van der Waals surface area contributed by atoms with Crippen LogP contribution in [-0.4, -0.2) is 15.1 Å². The number of benzene rings is 1. The lowest BCUT2D eigenvalue weighted by atomic mass is 10.1. The van der Waals surface area contributed by atoms with Gasteiger partial charge in [0.05, 0.1) is 4.92 Å². The first-order valence-corrected chi connectivity index (χ1v) is 4.21. The highest BCUT2D eigenvalue weighted by molar-refractivity contribution is 5.69. The number of para-hydroxylation sites is 1. The Morgan fingerprint density at radius 1 is 1.47 bits per heavy atom. The molecular formula is C9H7N3O3. The minimum Gasteiger partial charge on any atom is -0.342 e. The Morgan fingerprint density at radius 3 is 2.87 bits per heavy atom. The minimum atomic E-state index is -0.443. The molecule has 15 heavy (non-hydrogen) atoms. The van der Waals surface area contributed by atoms with Gasteiger partial charge in [0.15, 0.2) is 0 Å². The number of nitro benzene ring substituents is 1. The summed E-state index contributed by atoms with van der Waals surface area (Å²) in [4.78, 5) is 14.2. The summed E-state index contributed by atoms with van der Waals surface area (Å²) in [6.45, 7) is 1.67. The predicted octanol–water partition coefficient (Wildman–Crippen LogP) is 1.95. The molecule has 0 bridgehead atoms. The summed E-state index contributed by atoms with van der Waals surface area (Å²) in [5.41, 5.74) is 0.954. The molecule has 1 aromatic carbocycles. The van der Waals surface area contributed by atoms with E-state index in [1.165, 1.54) is 0 Å². The van der Waals surface area contributed by atoms with Crippen molar-refractivity contribution >= 4 is 5.69 Å². The normalized spacial score (nSPS) is 10.2. The number of nitro groups is 1. The maximum atomic E-state index is 10.9. The molecular weight excluding hydrogens is 198 g/mol. The molecule has 0 spiro atoms. The molecule has 0 aliphatic heterocycles. The molecule has 0 aliphatic rings. The Labute approximate surface area is 84.7 Å². The van der Waals surface area contributed by atoms with Crippen molar-refractivity contribution in [2.24, 2.45) is 0 Å².